The van der Waals surface area contributed by atoms with E-state index in [1.54, 1.807) is 6.07 Å². The first kappa shape index (κ1) is 22.2. The molecule has 1 saturated heterocycles. The van der Waals surface area contributed by atoms with Crippen LogP contribution in [0, 0.1) is 0 Å². The topological polar surface area (TPSA) is 157 Å². The van der Waals surface area contributed by atoms with Crippen LogP contribution < -0.4 is 5.73 Å². The van der Waals surface area contributed by atoms with Crippen LogP contribution in [0.1, 0.15) is 12.6 Å². The molecule has 0 unspecified atom stereocenters. The first-order chi connectivity index (χ1) is 13.6. The molecular formula is C16H16BrCl2N3O7. The van der Waals surface area contributed by atoms with Crippen molar-refractivity contribution in [2.24, 2.45) is 5.73 Å². The van der Waals surface area contributed by atoms with Gasteiger partial charge in [0.1, 0.15) is 31.0 Å². The predicted octanol–water partition coefficient (Wildman–Crippen LogP) is 1.07. The molecule has 2 heterocycles. The Bertz CT molecular complexity index is 956. The molecule has 10 nitrogen and oxygen atoms in total. The Hall–Kier alpha value is -1.47. The van der Waals surface area contributed by atoms with Gasteiger partial charge in [-0.05, 0) is 28.1 Å². The summed E-state index contributed by atoms with van der Waals surface area (Å²) in [5.41, 5.74) is 6.40. The molecule has 158 valence electrons. The number of esters is 1. The summed E-state index contributed by atoms with van der Waals surface area (Å²) in [6, 6.07) is 1.73. The predicted molar refractivity (Wildman–Crippen MR) is 105 cm³/mol. The van der Waals surface area contributed by atoms with Gasteiger partial charge in [-0.25, -0.2) is 4.98 Å². The molecule has 0 aliphatic carbocycles. The fourth-order valence-electron chi connectivity index (χ4n) is 2.93. The minimum atomic E-state index is -1.39. The molecule has 0 bridgehead atoms. The number of aromatic nitrogens is 2. The van der Waals surface area contributed by atoms with Gasteiger partial charge in [0.15, 0.2) is 11.0 Å². The highest BCUT2D eigenvalue weighted by molar-refractivity contribution is 9.10. The van der Waals surface area contributed by atoms with E-state index in [9.17, 15) is 19.8 Å². The van der Waals surface area contributed by atoms with Gasteiger partial charge >= 0.3 is 11.9 Å². The first-order valence-corrected chi connectivity index (χ1v) is 9.83. The maximum Gasteiger partial charge on any atom is 0.323 e. The van der Waals surface area contributed by atoms with Crippen molar-refractivity contribution >= 4 is 62.1 Å². The maximum atomic E-state index is 11.8. The fourth-order valence-corrected chi connectivity index (χ4v) is 3.83. The second-order valence-corrected chi connectivity index (χ2v) is 7.91. The van der Waals surface area contributed by atoms with Crippen LogP contribution in [0.5, 0.6) is 0 Å². The third-order valence-corrected chi connectivity index (χ3v) is 5.65. The lowest BCUT2D eigenvalue weighted by atomic mass is 10.1. The number of rotatable bonds is 6. The second-order valence-electron chi connectivity index (χ2n) is 6.39. The quantitative estimate of drug-likeness (QED) is 0.415. The van der Waals surface area contributed by atoms with Crippen LogP contribution in [0.3, 0.4) is 0 Å². The Morgan fingerprint density at radius 3 is 2.62 bits per heavy atom. The van der Waals surface area contributed by atoms with Crippen molar-refractivity contribution in [1.82, 2.24) is 9.55 Å². The number of hydrogen-bond donors (Lipinski definition) is 4. The zero-order chi connectivity index (χ0) is 21.5. The highest BCUT2D eigenvalue weighted by Gasteiger charge is 2.45. The van der Waals surface area contributed by atoms with Crippen LogP contribution in [0.15, 0.2) is 16.9 Å². The fraction of sp³-hybridized carbons (Fsp3) is 0.438. The number of imidazole rings is 1. The van der Waals surface area contributed by atoms with Crippen LogP contribution in [-0.2, 0) is 19.1 Å². The Balaban J connectivity index is 1.77. The molecule has 0 amide bonds. The molecule has 0 saturated carbocycles. The van der Waals surface area contributed by atoms with Crippen molar-refractivity contribution < 1.29 is 34.4 Å². The van der Waals surface area contributed by atoms with Crippen molar-refractivity contribution in [2.75, 3.05) is 6.61 Å². The van der Waals surface area contributed by atoms with Crippen LogP contribution in [0.4, 0.5) is 0 Å². The van der Waals surface area contributed by atoms with E-state index in [1.165, 1.54) is 10.6 Å². The number of carboxylic acid groups (broad SMARTS) is 1. The largest absolute Gasteiger partial charge is 0.481 e. The standard InChI is InChI=1S/C16H16BrCl2N3O7/c17-16-21-8-1-5(18)6(19)2-9(8)22(16)14-13(26)12(25)10(29-14)4-28-15(27)7(20)3-11(23)24/h1-2,7,10,12-14,25-26H,3-4,20H2,(H,23,24)/t7-,10-,12-,13-,14-/m1/s1. The van der Waals surface area contributed by atoms with Crippen LogP contribution in [-0.4, -0.2) is 67.8 Å². The summed E-state index contributed by atoms with van der Waals surface area (Å²) in [5, 5.41) is 30.0. The maximum absolute atomic E-state index is 11.8. The van der Waals surface area contributed by atoms with E-state index in [4.69, 9.17) is 43.5 Å². The summed E-state index contributed by atoms with van der Waals surface area (Å²) in [5.74, 6) is -2.21. The Kier molecular flexibility index (Phi) is 6.68. The molecule has 29 heavy (non-hydrogen) atoms. The molecule has 1 aromatic heterocycles. The number of nitrogens with zero attached hydrogens (tertiary/aromatic N) is 2. The monoisotopic (exact) mass is 511 g/mol. The van der Waals surface area contributed by atoms with E-state index in [0.717, 1.165) is 0 Å². The first-order valence-electron chi connectivity index (χ1n) is 8.28. The lowest BCUT2D eigenvalue weighted by Crippen LogP contribution is -2.38. The molecule has 13 heteroatoms. The van der Waals surface area contributed by atoms with E-state index < -0.39 is 55.5 Å². The Morgan fingerprint density at radius 1 is 1.31 bits per heavy atom. The number of aliphatic hydroxyl groups is 2. The van der Waals surface area contributed by atoms with Gasteiger partial charge in [0.05, 0.1) is 27.5 Å². The van der Waals surface area contributed by atoms with Gasteiger partial charge in [-0.15, -0.1) is 0 Å². The molecule has 0 spiro atoms. The number of aliphatic hydroxyl groups excluding tert-OH is 2. The molecule has 1 aromatic carbocycles. The lowest BCUT2D eigenvalue weighted by Gasteiger charge is -2.18. The smallest absolute Gasteiger partial charge is 0.323 e. The van der Waals surface area contributed by atoms with Crippen molar-refractivity contribution in [3.8, 4) is 0 Å². The van der Waals surface area contributed by atoms with E-state index in [2.05, 4.69) is 20.9 Å². The third kappa shape index (κ3) is 4.50. The number of carbonyl (C=O) groups excluding carboxylic acids is 1. The van der Waals surface area contributed by atoms with E-state index in [0.29, 0.717) is 20.8 Å². The second kappa shape index (κ2) is 8.72. The molecule has 1 aliphatic rings. The number of halogens is 3. The minimum Gasteiger partial charge on any atom is -0.481 e. The van der Waals surface area contributed by atoms with Crippen LogP contribution >= 0.6 is 39.1 Å². The van der Waals surface area contributed by atoms with Crippen molar-refractivity contribution in [2.45, 2.75) is 37.0 Å². The van der Waals surface area contributed by atoms with Gasteiger partial charge in [0.25, 0.3) is 0 Å². The Morgan fingerprint density at radius 2 is 1.97 bits per heavy atom. The molecule has 5 atom stereocenters. The number of carbonyl (C=O) groups is 2. The SMILES string of the molecule is N[C@H](CC(=O)O)C(=O)OC[C@H]1O[C@@H](n2c(Br)nc3cc(Cl)c(Cl)cc32)[C@H](O)[C@@H]1O. The molecule has 1 aliphatic heterocycles. The molecule has 2 aromatic rings. The van der Waals surface area contributed by atoms with Crippen molar-refractivity contribution in [1.29, 1.82) is 0 Å². The van der Waals surface area contributed by atoms with Gasteiger partial charge in [0.2, 0.25) is 0 Å². The highest BCUT2D eigenvalue weighted by Crippen LogP contribution is 2.37. The summed E-state index contributed by atoms with van der Waals surface area (Å²) in [6.45, 7) is -0.433. The van der Waals surface area contributed by atoms with E-state index >= 15 is 0 Å². The van der Waals surface area contributed by atoms with Gasteiger partial charge in [0, 0.05) is 0 Å². The highest BCUT2D eigenvalue weighted by atomic mass is 79.9. The summed E-state index contributed by atoms with van der Waals surface area (Å²) in [7, 11) is 0. The van der Waals surface area contributed by atoms with Crippen LogP contribution in [0.25, 0.3) is 11.0 Å². The zero-order valence-corrected chi connectivity index (χ0v) is 17.6. The van der Waals surface area contributed by atoms with Crippen molar-refractivity contribution in [3.63, 3.8) is 0 Å². The van der Waals surface area contributed by atoms with Gasteiger partial charge in [-0.3, -0.25) is 14.2 Å². The van der Waals surface area contributed by atoms with E-state index in [1.807, 2.05) is 0 Å². The molecule has 0 radical (unpaired) electrons. The van der Waals surface area contributed by atoms with Gasteiger partial charge < -0.3 is 30.5 Å². The summed E-state index contributed by atoms with van der Waals surface area (Å²) in [6.07, 6.45) is -5.53. The number of aliphatic carboxylic acids is 1. The number of carboxylic acids is 1. The minimum absolute atomic E-state index is 0.263. The van der Waals surface area contributed by atoms with Crippen molar-refractivity contribution in [3.05, 3.63) is 26.9 Å². The summed E-state index contributed by atoms with van der Waals surface area (Å²) < 4.78 is 12.4. The summed E-state index contributed by atoms with van der Waals surface area (Å²) >= 11 is 15.3. The lowest BCUT2D eigenvalue weighted by molar-refractivity contribution is -0.154. The number of nitrogens with two attached hydrogens (primary N) is 1. The zero-order valence-electron chi connectivity index (χ0n) is 14.5. The normalized spacial score (nSPS) is 25.3. The van der Waals surface area contributed by atoms with Gasteiger partial charge in [-0.2, -0.15) is 0 Å². The van der Waals surface area contributed by atoms with Crippen LogP contribution in [0.2, 0.25) is 10.0 Å². The molecule has 5 N–H and O–H groups in total. The number of hydrogen-bond acceptors (Lipinski definition) is 8. The summed E-state index contributed by atoms with van der Waals surface area (Å²) in [4.78, 5) is 26.7. The molecule has 1 fully saturated rings. The third-order valence-electron chi connectivity index (χ3n) is 4.37. The van der Waals surface area contributed by atoms with E-state index in [-0.39, 0.29) is 5.02 Å². The number of fused-ring (bicyclic) bond motifs is 1. The molecule has 3 rings (SSSR count). The average molecular weight is 513 g/mol. The van der Waals surface area contributed by atoms with Gasteiger partial charge in [-0.1, -0.05) is 23.2 Å². The average Bonchev–Trinajstić information content (AvgIpc) is 3.09. The Labute approximate surface area is 182 Å². The molecular weight excluding hydrogens is 497 g/mol. The number of ether oxygens (including phenoxy) is 2. The number of benzene rings is 1.